The number of aryl methyl sites for hydroxylation is 1. The summed E-state index contributed by atoms with van der Waals surface area (Å²) in [5.74, 6) is -5.41. The van der Waals surface area contributed by atoms with E-state index in [4.69, 9.17) is 14.6 Å². The Morgan fingerprint density at radius 2 is 1.52 bits per heavy atom. The average molecular weight is 466 g/mol. The molecule has 1 heterocycles. The van der Waals surface area contributed by atoms with Crippen molar-refractivity contribution in [3.05, 3.63) is 41.5 Å². The highest BCUT2D eigenvalue weighted by molar-refractivity contribution is 6.02. The molecule has 2 aromatic carbocycles. The largest absolute Gasteiger partial charge is 0.507 e. The van der Waals surface area contributed by atoms with Gasteiger partial charge < -0.3 is 50.3 Å². The molecule has 0 aliphatic carbocycles. The number of aromatic hydroxyl groups is 4. The number of ketones is 1. The zero-order valence-corrected chi connectivity index (χ0v) is 16.9. The molecule has 33 heavy (non-hydrogen) atoms. The van der Waals surface area contributed by atoms with Crippen molar-refractivity contribution in [1.82, 2.24) is 0 Å². The van der Waals surface area contributed by atoms with Gasteiger partial charge in [-0.1, -0.05) is 12.1 Å². The number of benzene rings is 2. The molecule has 12 nitrogen and oxygen atoms in total. The molecule has 0 spiro atoms. The van der Waals surface area contributed by atoms with Gasteiger partial charge in [-0.15, -0.1) is 0 Å². The van der Waals surface area contributed by atoms with E-state index in [1.54, 1.807) is 12.1 Å². The van der Waals surface area contributed by atoms with Gasteiger partial charge in [0.1, 0.15) is 35.4 Å². The molecule has 8 N–H and O–H groups in total. The summed E-state index contributed by atoms with van der Waals surface area (Å²) < 4.78 is 10.4. The first-order valence-electron chi connectivity index (χ1n) is 9.69. The van der Waals surface area contributed by atoms with Gasteiger partial charge in [-0.25, -0.2) is 4.79 Å². The van der Waals surface area contributed by atoms with Crippen LogP contribution in [0.3, 0.4) is 0 Å². The van der Waals surface area contributed by atoms with E-state index >= 15 is 0 Å². The van der Waals surface area contributed by atoms with Crippen LogP contribution in [-0.4, -0.2) is 83.3 Å². The number of carboxylic acid groups (broad SMARTS) is 1. The molecule has 0 amide bonds. The highest BCUT2D eigenvalue weighted by Gasteiger charge is 2.48. The fourth-order valence-electron chi connectivity index (χ4n) is 3.31. The Hall–Kier alpha value is -3.58. The third-order valence-electron chi connectivity index (χ3n) is 5.14. The number of hydrogen-bond donors (Lipinski definition) is 8. The zero-order valence-electron chi connectivity index (χ0n) is 16.9. The van der Waals surface area contributed by atoms with Crippen LogP contribution in [0.2, 0.25) is 0 Å². The summed E-state index contributed by atoms with van der Waals surface area (Å²) in [5.41, 5.74) is 0.101. The Balaban J connectivity index is 1.64. The van der Waals surface area contributed by atoms with Crippen LogP contribution in [0.1, 0.15) is 22.3 Å². The Labute approximate surface area is 186 Å². The molecular weight excluding hydrogens is 444 g/mol. The second kappa shape index (κ2) is 9.50. The maximum atomic E-state index is 12.4. The van der Waals surface area contributed by atoms with Crippen LogP contribution in [-0.2, 0) is 16.0 Å². The molecule has 0 aromatic heterocycles. The smallest absolute Gasteiger partial charge is 0.335 e. The minimum absolute atomic E-state index is 0.139. The fraction of sp³-hybridized carbons (Fsp3) is 0.333. The van der Waals surface area contributed by atoms with Gasteiger partial charge in [0.25, 0.3) is 0 Å². The minimum Gasteiger partial charge on any atom is -0.507 e. The molecule has 1 fully saturated rings. The van der Waals surface area contributed by atoms with Crippen LogP contribution in [0.25, 0.3) is 0 Å². The van der Waals surface area contributed by atoms with Gasteiger partial charge in [0.05, 0.1) is 0 Å². The van der Waals surface area contributed by atoms with Crippen LogP contribution >= 0.6 is 0 Å². The van der Waals surface area contributed by atoms with E-state index in [1.807, 2.05) is 0 Å². The first-order chi connectivity index (χ1) is 15.5. The number of carboxylic acids is 1. The summed E-state index contributed by atoms with van der Waals surface area (Å²) in [5, 5.41) is 77.1. The topological polar surface area (TPSA) is 214 Å². The quantitative estimate of drug-likeness (QED) is 0.149. The SMILES string of the molecule is O=C(CCc1ccc(OC2OC(C(=O)O)C(O)C(O)C2O)cc1)c1c(O)cc(O)c(O)c1O. The van der Waals surface area contributed by atoms with E-state index in [0.717, 1.165) is 6.07 Å². The van der Waals surface area contributed by atoms with Crippen molar-refractivity contribution < 1.29 is 59.9 Å². The second-order valence-corrected chi connectivity index (χ2v) is 7.41. The summed E-state index contributed by atoms with van der Waals surface area (Å²) in [4.78, 5) is 23.5. The maximum absolute atomic E-state index is 12.4. The van der Waals surface area contributed by atoms with Crippen LogP contribution in [0, 0.1) is 0 Å². The predicted molar refractivity (Wildman–Crippen MR) is 107 cm³/mol. The highest BCUT2D eigenvalue weighted by Crippen LogP contribution is 2.43. The molecule has 1 aliphatic rings. The van der Waals surface area contributed by atoms with E-state index < -0.39 is 71.0 Å². The summed E-state index contributed by atoms with van der Waals surface area (Å²) in [6.45, 7) is 0. The first-order valence-corrected chi connectivity index (χ1v) is 9.69. The third kappa shape index (κ3) is 4.93. The van der Waals surface area contributed by atoms with Gasteiger partial charge in [0.2, 0.25) is 12.0 Å². The monoisotopic (exact) mass is 466 g/mol. The number of hydrogen-bond acceptors (Lipinski definition) is 11. The van der Waals surface area contributed by atoms with Gasteiger partial charge in [0, 0.05) is 12.5 Å². The van der Waals surface area contributed by atoms with Crippen LogP contribution in [0.4, 0.5) is 0 Å². The molecule has 1 saturated heterocycles. The maximum Gasteiger partial charge on any atom is 0.335 e. The lowest BCUT2D eigenvalue weighted by Gasteiger charge is -2.38. The van der Waals surface area contributed by atoms with Crippen molar-refractivity contribution in [2.24, 2.45) is 0 Å². The van der Waals surface area contributed by atoms with Crippen molar-refractivity contribution in [3.8, 4) is 28.7 Å². The normalized spacial score (nSPS) is 24.9. The van der Waals surface area contributed by atoms with Crippen molar-refractivity contribution in [2.45, 2.75) is 43.5 Å². The summed E-state index contributed by atoms with van der Waals surface area (Å²) >= 11 is 0. The van der Waals surface area contributed by atoms with E-state index in [9.17, 15) is 45.3 Å². The number of phenolic OH excluding ortho intramolecular Hbond substituents is 4. The number of phenols is 4. The van der Waals surface area contributed by atoms with Crippen molar-refractivity contribution in [3.63, 3.8) is 0 Å². The van der Waals surface area contributed by atoms with Crippen molar-refractivity contribution in [1.29, 1.82) is 0 Å². The van der Waals surface area contributed by atoms with Gasteiger partial charge in [-0.2, -0.15) is 0 Å². The number of aliphatic carboxylic acids is 1. The molecule has 178 valence electrons. The lowest BCUT2D eigenvalue weighted by Crippen LogP contribution is -2.61. The summed E-state index contributed by atoms with van der Waals surface area (Å²) in [6.07, 6.45) is -8.73. The van der Waals surface area contributed by atoms with Crippen molar-refractivity contribution >= 4 is 11.8 Å². The van der Waals surface area contributed by atoms with Gasteiger partial charge in [-0.05, 0) is 24.1 Å². The number of carbonyl (C=O) groups is 2. The van der Waals surface area contributed by atoms with E-state index in [-0.39, 0.29) is 18.6 Å². The summed E-state index contributed by atoms with van der Waals surface area (Å²) in [6, 6.07) is 6.70. The lowest BCUT2D eigenvalue weighted by atomic mass is 9.99. The van der Waals surface area contributed by atoms with Crippen LogP contribution < -0.4 is 4.74 Å². The summed E-state index contributed by atoms with van der Waals surface area (Å²) in [7, 11) is 0. The number of aliphatic hydroxyl groups excluding tert-OH is 3. The van der Waals surface area contributed by atoms with Crippen LogP contribution in [0.15, 0.2) is 30.3 Å². The van der Waals surface area contributed by atoms with Gasteiger partial charge in [-0.3, -0.25) is 4.79 Å². The number of rotatable bonds is 7. The van der Waals surface area contributed by atoms with Crippen LogP contribution in [0.5, 0.6) is 28.7 Å². The number of carbonyl (C=O) groups excluding carboxylic acids is 1. The molecule has 12 heteroatoms. The molecular formula is C21H22O12. The number of Topliss-reactive ketones (excluding diaryl/α,β-unsaturated/α-hetero) is 1. The standard InChI is InChI=1S/C21H22O12/c22-10(13-11(23)7-12(24)14(25)15(13)26)6-3-8-1-4-9(5-2-8)32-21-18(29)16(27)17(28)19(33-21)20(30)31/h1-2,4-5,7,16-19,21,23-29H,3,6H2,(H,30,31). The Bertz CT molecular complexity index is 1030. The van der Waals surface area contributed by atoms with Gasteiger partial charge >= 0.3 is 5.97 Å². The average Bonchev–Trinajstić information content (AvgIpc) is 2.77. The molecule has 0 radical (unpaired) electrons. The molecule has 0 saturated carbocycles. The Morgan fingerprint density at radius 3 is 2.12 bits per heavy atom. The predicted octanol–water partition coefficient (Wildman–Crippen LogP) is -0.405. The van der Waals surface area contributed by atoms with E-state index in [0.29, 0.717) is 5.56 Å². The molecule has 3 rings (SSSR count). The van der Waals surface area contributed by atoms with E-state index in [2.05, 4.69) is 0 Å². The number of aliphatic hydroxyl groups is 3. The van der Waals surface area contributed by atoms with E-state index in [1.165, 1.54) is 12.1 Å². The molecule has 2 aromatic rings. The van der Waals surface area contributed by atoms with Crippen molar-refractivity contribution in [2.75, 3.05) is 0 Å². The molecule has 1 aliphatic heterocycles. The van der Waals surface area contributed by atoms with Gasteiger partial charge in [0.15, 0.2) is 23.4 Å². The minimum atomic E-state index is -1.84. The zero-order chi connectivity index (χ0) is 24.4. The number of ether oxygens (including phenoxy) is 2. The fourth-order valence-corrected chi connectivity index (χ4v) is 3.31. The Morgan fingerprint density at radius 1 is 0.879 bits per heavy atom. The first kappa shape index (κ1) is 24.1. The third-order valence-corrected chi connectivity index (χ3v) is 5.14. The molecule has 0 bridgehead atoms. The molecule has 5 unspecified atom stereocenters. The molecule has 5 atom stereocenters. The Kier molecular flexibility index (Phi) is 6.93. The lowest BCUT2D eigenvalue weighted by molar-refractivity contribution is -0.271. The second-order valence-electron chi connectivity index (χ2n) is 7.41. The highest BCUT2D eigenvalue weighted by atomic mass is 16.7.